The molecule has 0 atom stereocenters. The minimum Gasteiger partial charge on any atom is -0.454 e. The average Bonchev–Trinajstić information content (AvgIpc) is 3.20. The molecule has 168 valence electrons. The summed E-state index contributed by atoms with van der Waals surface area (Å²) in [6.07, 6.45) is 4.89. The number of piperidine rings is 1. The minimum absolute atomic E-state index is 0. The highest BCUT2D eigenvalue weighted by Gasteiger charge is 2.22. The van der Waals surface area contributed by atoms with E-state index in [1.54, 1.807) is 7.05 Å². The van der Waals surface area contributed by atoms with E-state index >= 15 is 0 Å². The smallest absolute Gasteiger partial charge is 0.231 e. The zero-order valence-corrected chi connectivity index (χ0v) is 20.0. The second-order valence-corrected chi connectivity index (χ2v) is 7.59. The molecule has 0 saturated carbocycles. The van der Waals surface area contributed by atoms with E-state index in [4.69, 9.17) is 15.2 Å². The molecule has 2 aliphatic rings. The van der Waals surface area contributed by atoms with Crippen LogP contribution in [0.4, 0.5) is 0 Å². The summed E-state index contributed by atoms with van der Waals surface area (Å²) in [7, 11) is 1.79. The lowest BCUT2D eigenvalue weighted by atomic mass is 9.96. The van der Waals surface area contributed by atoms with Crippen LogP contribution < -0.4 is 25.8 Å². The summed E-state index contributed by atoms with van der Waals surface area (Å²) >= 11 is 0. The third-order valence-electron chi connectivity index (χ3n) is 5.55. The fourth-order valence-electron chi connectivity index (χ4n) is 3.75. The molecule has 0 bridgehead atoms. The van der Waals surface area contributed by atoms with Crippen LogP contribution in [0.3, 0.4) is 0 Å². The van der Waals surface area contributed by atoms with Gasteiger partial charge in [0.2, 0.25) is 12.7 Å². The molecule has 4 N–H and O–H groups in total. The van der Waals surface area contributed by atoms with E-state index in [9.17, 15) is 4.79 Å². The second-order valence-electron chi connectivity index (χ2n) is 7.59. The molecule has 3 rings (SSSR count). The van der Waals surface area contributed by atoms with Crippen molar-refractivity contribution in [3.8, 4) is 11.5 Å². The maximum Gasteiger partial charge on any atom is 0.231 e. The van der Waals surface area contributed by atoms with Crippen LogP contribution in [-0.4, -0.2) is 63.3 Å². The molecule has 1 fully saturated rings. The Morgan fingerprint density at radius 3 is 2.63 bits per heavy atom. The predicted octanol–water partition coefficient (Wildman–Crippen LogP) is 1.72. The second kappa shape index (κ2) is 12.8. The van der Waals surface area contributed by atoms with Crippen molar-refractivity contribution >= 4 is 35.8 Å². The van der Waals surface area contributed by atoms with Crippen molar-refractivity contribution in [2.75, 3.05) is 46.6 Å². The molecule has 0 spiro atoms. The molecule has 2 heterocycles. The molecule has 2 aliphatic heterocycles. The normalized spacial score (nSPS) is 16.8. The van der Waals surface area contributed by atoms with Crippen LogP contribution >= 0.6 is 24.0 Å². The van der Waals surface area contributed by atoms with Crippen LogP contribution in [-0.2, 0) is 11.2 Å². The van der Waals surface area contributed by atoms with Crippen LogP contribution in [0.2, 0.25) is 0 Å². The summed E-state index contributed by atoms with van der Waals surface area (Å²) < 4.78 is 10.8. The van der Waals surface area contributed by atoms with Crippen LogP contribution in [0.5, 0.6) is 11.5 Å². The van der Waals surface area contributed by atoms with Crippen LogP contribution in [0.15, 0.2) is 23.2 Å². The number of likely N-dealkylation sites (tertiary alicyclic amines) is 1. The van der Waals surface area contributed by atoms with E-state index in [0.29, 0.717) is 6.79 Å². The van der Waals surface area contributed by atoms with E-state index in [1.807, 2.05) is 12.1 Å². The summed E-state index contributed by atoms with van der Waals surface area (Å²) in [6, 6.07) is 6.06. The van der Waals surface area contributed by atoms with Gasteiger partial charge in [0, 0.05) is 26.1 Å². The molecule has 0 aromatic heterocycles. The number of guanidine groups is 1. The highest BCUT2D eigenvalue weighted by atomic mass is 127. The van der Waals surface area contributed by atoms with E-state index in [-0.39, 0.29) is 35.8 Å². The van der Waals surface area contributed by atoms with Gasteiger partial charge in [-0.1, -0.05) is 6.07 Å². The average molecular weight is 531 g/mol. The number of nitrogens with one attached hydrogen (secondary N) is 2. The first kappa shape index (κ1) is 24.5. The summed E-state index contributed by atoms with van der Waals surface area (Å²) in [5, 5.41) is 6.73. The highest BCUT2D eigenvalue weighted by Crippen LogP contribution is 2.32. The Balaban J connectivity index is 0.00000320. The zero-order valence-electron chi connectivity index (χ0n) is 17.7. The Labute approximate surface area is 196 Å². The van der Waals surface area contributed by atoms with Crippen molar-refractivity contribution in [3.05, 3.63) is 23.8 Å². The van der Waals surface area contributed by atoms with Crippen LogP contribution in [0.25, 0.3) is 0 Å². The summed E-state index contributed by atoms with van der Waals surface area (Å²) in [5.74, 6) is 2.39. The Bertz CT molecular complexity index is 708. The standard InChI is InChI=1S/C21H33N5O3.HI/c1-23-21(25-10-6-16-4-5-18-19(14-16)29-15-28-18)24-9-2-3-11-26-12-7-17(8-13-26)20(22)27;/h4-5,14,17H,2-3,6-13,15H2,1H3,(H2,22,27)(H2,23,24,25);1H. The number of benzene rings is 1. The van der Waals surface area contributed by atoms with Crippen molar-refractivity contribution in [2.45, 2.75) is 32.1 Å². The topological polar surface area (TPSA) is 101 Å². The maximum atomic E-state index is 11.2. The molecular formula is C21H34IN5O3. The third-order valence-corrected chi connectivity index (χ3v) is 5.55. The quantitative estimate of drug-likeness (QED) is 0.194. The number of carbonyl (C=O) groups excluding carboxylic acids is 1. The number of nitrogens with two attached hydrogens (primary N) is 1. The number of ether oxygens (including phenoxy) is 2. The first-order chi connectivity index (χ1) is 14.2. The first-order valence-corrected chi connectivity index (χ1v) is 10.5. The SMILES string of the molecule is CN=C(NCCCCN1CCC(C(N)=O)CC1)NCCc1ccc2c(c1)OCO2.I. The first-order valence-electron chi connectivity index (χ1n) is 10.5. The molecule has 1 aromatic carbocycles. The van der Waals surface area contributed by atoms with Gasteiger partial charge < -0.3 is 30.7 Å². The van der Waals surface area contributed by atoms with Gasteiger partial charge in [0.15, 0.2) is 17.5 Å². The summed E-state index contributed by atoms with van der Waals surface area (Å²) in [5.41, 5.74) is 6.60. The summed E-state index contributed by atoms with van der Waals surface area (Å²) in [4.78, 5) is 17.9. The lowest BCUT2D eigenvalue weighted by molar-refractivity contribution is -0.123. The Kier molecular flexibility index (Phi) is 10.5. The lowest BCUT2D eigenvalue weighted by Gasteiger charge is -2.30. The number of nitrogens with zero attached hydrogens (tertiary/aromatic N) is 2. The lowest BCUT2D eigenvalue weighted by Crippen LogP contribution is -2.40. The Morgan fingerprint density at radius 1 is 1.17 bits per heavy atom. The van der Waals surface area contributed by atoms with Gasteiger partial charge in [-0.05, 0) is 69.4 Å². The van der Waals surface area contributed by atoms with Crippen molar-refractivity contribution in [3.63, 3.8) is 0 Å². The predicted molar refractivity (Wildman–Crippen MR) is 129 cm³/mol. The highest BCUT2D eigenvalue weighted by molar-refractivity contribution is 14.0. The number of aliphatic imine (C=N–C) groups is 1. The molecule has 1 aromatic rings. The number of hydrogen-bond acceptors (Lipinski definition) is 5. The molecule has 0 unspecified atom stereocenters. The van der Waals surface area contributed by atoms with Gasteiger partial charge in [-0.2, -0.15) is 0 Å². The number of unbranched alkanes of at least 4 members (excludes halogenated alkanes) is 1. The molecule has 1 amide bonds. The van der Waals surface area contributed by atoms with Gasteiger partial charge in [0.05, 0.1) is 0 Å². The Hall–Kier alpha value is -1.75. The van der Waals surface area contributed by atoms with Gasteiger partial charge in [0.1, 0.15) is 0 Å². The largest absolute Gasteiger partial charge is 0.454 e. The van der Waals surface area contributed by atoms with Gasteiger partial charge in [0.25, 0.3) is 0 Å². The molecule has 0 aliphatic carbocycles. The molecule has 0 radical (unpaired) electrons. The molecule has 30 heavy (non-hydrogen) atoms. The number of carbonyl (C=O) groups is 1. The molecule has 9 heteroatoms. The third kappa shape index (κ3) is 7.50. The Morgan fingerprint density at radius 2 is 1.90 bits per heavy atom. The number of primary amides is 1. The van der Waals surface area contributed by atoms with Crippen molar-refractivity contribution in [1.29, 1.82) is 0 Å². The molecule has 1 saturated heterocycles. The maximum absolute atomic E-state index is 11.2. The number of rotatable bonds is 9. The fourth-order valence-corrected chi connectivity index (χ4v) is 3.75. The van der Waals surface area contributed by atoms with E-state index in [2.05, 4.69) is 26.6 Å². The van der Waals surface area contributed by atoms with Gasteiger partial charge in [-0.25, -0.2) is 0 Å². The minimum atomic E-state index is -0.147. The zero-order chi connectivity index (χ0) is 20.5. The van der Waals surface area contributed by atoms with E-state index < -0.39 is 0 Å². The number of hydrogen-bond donors (Lipinski definition) is 3. The van der Waals surface area contributed by atoms with Crippen molar-refractivity contribution < 1.29 is 14.3 Å². The van der Waals surface area contributed by atoms with Crippen LogP contribution in [0.1, 0.15) is 31.2 Å². The van der Waals surface area contributed by atoms with Gasteiger partial charge >= 0.3 is 0 Å². The van der Waals surface area contributed by atoms with Gasteiger partial charge in [-0.15, -0.1) is 24.0 Å². The van der Waals surface area contributed by atoms with Crippen LogP contribution in [0, 0.1) is 5.92 Å². The van der Waals surface area contributed by atoms with Gasteiger partial charge in [-0.3, -0.25) is 9.79 Å². The number of amides is 1. The number of fused-ring (bicyclic) bond motifs is 1. The molecule has 8 nitrogen and oxygen atoms in total. The van der Waals surface area contributed by atoms with E-state index in [0.717, 1.165) is 82.3 Å². The fraction of sp³-hybridized carbons (Fsp3) is 0.619. The number of halogens is 1. The van der Waals surface area contributed by atoms with Crippen molar-refractivity contribution in [1.82, 2.24) is 15.5 Å². The van der Waals surface area contributed by atoms with E-state index in [1.165, 1.54) is 5.56 Å². The monoisotopic (exact) mass is 531 g/mol. The van der Waals surface area contributed by atoms with Crippen molar-refractivity contribution in [2.24, 2.45) is 16.6 Å². The summed E-state index contributed by atoms with van der Waals surface area (Å²) in [6.45, 7) is 5.02. The molecular weight excluding hydrogens is 497 g/mol.